The number of likely N-dealkylation sites (tertiary alicyclic amines) is 2. The second kappa shape index (κ2) is 7.41. The Morgan fingerprint density at radius 2 is 2.00 bits per heavy atom. The summed E-state index contributed by atoms with van der Waals surface area (Å²) in [7, 11) is 1.63. The first-order valence-electron chi connectivity index (χ1n) is 9.37. The average Bonchev–Trinajstić information content (AvgIpc) is 3.27. The lowest BCUT2D eigenvalue weighted by Gasteiger charge is -2.38. The molecule has 0 aliphatic carbocycles. The predicted octanol–water partition coefficient (Wildman–Crippen LogP) is 3.80. The standard InChI is InChI=1S/C21H26N2O2S/c1-15-7-8-17(26-15)13-22-11-9-16-10-12-23(19(16)14-22)21(24)18-5-3-4-6-20(18)25-2/h3-8,16,19H,9-14H2,1-2H3. The highest BCUT2D eigenvalue weighted by molar-refractivity contribution is 7.11. The highest BCUT2D eigenvalue weighted by Gasteiger charge is 2.41. The molecule has 1 aromatic heterocycles. The normalized spacial score (nSPS) is 23.1. The molecule has 5 heteroatoms. The van der Waals surface area contributed by atoms with Crippen molar-refractivity contribution >= 4 is 17.2 Å². The quantitative estimate of drug-likeness (QED) is 0.821. The molecule has 2 saturated heterocycles. The van der Waals surface area contributed by atoms with Crippen molar-refractivity contribution in [2.24, 2.45) is 5.92 Å². The number of ether oxygens (including phenoxy) is 1. The minimum Gasteiger partial charge on any atom is -0.496 e. The zero-order valence-electron chi connectivity index (χ0n) is 15.5. The molecule has 2 fully saturated rings. The van der Waals surface area contributed by atoms with Gasteiger partial charge in [-0.25, -0.2) is 0 Å². The zero-order valence-corrected chi connectivity index (χ0v) is 16.3. The predicted molar refractivity (Wildman–Crippen MR) is 105 cm³/mol. The number of amides is 1. The number of carbonyl (C=O) groups is 1. The summed E-state index contributed by atoms with van der Waals surface area (Å²) in [6, 6.07) is 12.3. The Kier molecular flexibility index (Phi) is 5.00. The van der Waals surface area contributed by atoms with E-state index in [1.165, 1.54) is 16.2 Å². The number of hydrogen-bond acceptors (Lipinski definition) is 4. The maximum absolute atomic E-state index is 13.2. The van der Waals surface area contributed by atoms with Crippen molar-refractivity contribution in [2.75, 3.05) is 26.7 Å². The third-order valence-electron chi connectivity index (χ3n) is 5.72. The van der Waals surface area contributed by atoms with Crippen LogP contribution in [-0.4, -0.2) is 48.5 Å². The molecular weight excluding hydrogens is 344 g/mol. The van der Waals surface area contributed by atoms with Gasteiger partial charge >= 0.3 is 0 Å². The molecule has 4 nitrogen and oxygen atoms in total. The summed E-state index contributed by atoms with van der Waals surface area (Å²) in [5, 5.41) is 0. The average molecular weight is 371 g/mol. The Balaban J connectivity index is 1.49. The summed E-state index contributed by atoms with van der Waals surface area (Å²) in [4.78, 5) is 20.6. The third-order valence-corrected chi connectivity index (χ3v) is 6.71. The number of fused-ring (bicyclic) bond motifs is 1. The van der Waals surface area contributed by atoms with Gasteiger partial charge in [0.15, 0.2) is 0 Å². The van der Waals surface area contributed by atoms with Gasteiger partial charge in [-0.2, -0.15) is 0 Å². The molecule has 0 radical (unpaired) electrons. The van der Waals surface area contributed by atoms with Gasteiger partial charge in [0.05, 0.1) is 12.7 Å². The van der Waals surface area contributed by atoms with Gasteiger partial charge in [0.25, 0.3) is 5.91 Å². The Bertz CT molecular complexity index is 788. The smallest absolute Gasteiger partial charge is 0.257 e. The molecule has 26 heavy (non-hydrogen) atoms. The van der Waals surface area contributed by atoms with E-state index in [0.717, 1.165) is 32.6 Å². The molecule has 138 valence electrons. The summed E-state index contributed by atoms with van der Waals surface area (Å²) >= 11 is 1.88. The monoisotopic (exact) mass is 370 g/mol. The van der Waals surface area contributed by atoms with E-state index in [9.17, 15) is 4.79 Å². The van der Waals surface area contributed by atoms with E-state index in [4.69, 9.17) is 4.74 Å². The molecule has 2 aromatic rings. The summed E-state index contributed by atoms with van der Waals surface area (Å²) in [5.74, 6) is 1.42. The maximum Gasteiger partial charge on any atom is 0.257 e. The first kappa shape index (κ1) is 17.6. The lowest BCUT2D eigenvalue weighted by Crippen LogP contribution is -2.49. The zero-order chi connectivity index (χ0) is 18.1. The Morgan fingerprint density at radius 1 is 1.19 bits per heavy atom. The number of rotatable bonds is 4. The maximum atomic E-state index is 13.2. The largest absolute Gasteiger partial charge is 0.496 e. The van der Waals surface area contributed by atoms with Crippen LogP contribution >= 0.6 is 11.3 Å². The first-order valence-corrected chi connectivity index (χ1v) is 10.2. The summed E-state index contributed by atoms with van der Waals surface area (Å²) in [6.45, 7) is 6.12. The molecule has 0 bridgehead atoms. The van der Waals surface area contributed by atoms with Crippen LogP contribution in [0.15, 0.2) is 36.4 Å². The van der Waals surface area contributed by atoms with E-state index in [2.05, 4.69) is 28.9 Å². The highest BCUT2D eigenvalue weighted by atomic mass is 32.1. The number of nitrogens with zero attached hydrogens (tertiary/aromatic N) is 2. The molecule has 1 aromatic carbocycles. The molecule has 2 aliphatic heterocycles. The van der Waals surface area contributed by atoms with Crippen LogP contribution < -0.4 is 4.74 Å². The van der Waals surface area contributed by atoms with Gasteiger partial charge < -0.3 is 9.64 Å². The number of hydrogen-bond donors (Lipinski definition) is 0. The fourth-order valence-corrected chi connectivity index (χ4v) is 5.30. The van der Waals surface area contributed by atoms with E-state index in [1.807, 2.05) is 35.6 Å². The first-order chi connectivity index (χ1) is 12.7. The molecule has 0 saturated carbocycles. The van der Waals surface area contributed by atoms with E-state index >= 15 is 0 Å². The van der Waals surface area contributed by atoms with Crippen LogP contribution in [0, 0.1) is 12.8 Å². The van der Waals surface area contributed by atoms with Crippen molar-refractivity contribution in [3.63, 3.8) is 0 Å². The van der Waals surface area contributed by atoms with Crippen LogP contribution in [-0.2, 0) is 6.54 Å². The number of thiophene rings is 1. The topological polar surface area (TPSA) is 32.8 Å². The van der Waals surface area contributed by atoms with Crippen molar-refractivity contribution in [1.82, 2.24) is 9.80 Å². The second-order valence-electron chi connectivity index (χ2n) is 7.35. The number of para-hydroxylation sites is 1. The molecule has 0 spiro atoms. The van der Waals surface area contributed by atoms with Crippen LogP contribution in [0.3, 0.4) is 0 Å². The molecule has 2 aliphatic rings. The number of piperidine rings is 1. The number of methoxy groups -OCH3 is 1. The molecular formula is C21H26N2O2S. The number of carbonyl (C=O) groups excluding carboxylic acids is 1. The molecule has 2 atom stereocenters. The molecule has 2 unspecified atom stereocenters. The van der Waals surface area contributed by atoms with Crippen molar-refractivity contribution in [2.45, 2.75) is 32.4 Å². The van der Waals surface area contributed by atoms with E-state index in [0.29, 0.717) is 23.3 Å². The van der Waals surface area contributed by atoms with Gasteiger partial charge in [0, 0.05) is 35.4 Å². The summed E-state index contributed by atoms with van der Waals surface area (Å²) in [5.41, 5.74) is 0.682. The van der Waals surface area contributed by atoms with Crippen LogP contribution in [0.5, 0.6) is 5.75 Å². The summed E-state index contributed by atoms with van der Waals surface area (Å²) in [6.07, 6.45) is 2.31. The Labute approximate surface area is 159 Å². The second-order valence-corrected chi connectivity index (χ2v) is 8.72. The molecule has 1 amide bonds. The third kappa shape index (κ3) is 3.38. The number of aryl methyl sites for hydroxylation is 1. The molecule has 3 heterocycles. The van der Waals surface area contributed by atoms with Gasteiger partial charge in [-0.1, -0.05) is 12.1 Å². The number of benzene rings is 1. The minimum absolute atomic E-state index is 0.115. The van der Waals surface area contributed by atoms with E-state index in [1.54, 1.807) is 7.11 Å². The Hall–Kier alpha value is -1.85. The highest BCUT2D eigenvalue weighted by Crippen LogP contribution is 2.34. The van der Waals surface area contributed by atoms with E-state index < -0.39 is 0 Å². The van der Waals surface area contributed by atoms with E-state index in [-0.39, 0.29) is 5.91 Å². The lowest BCUT2D eigenvalue weighted by atomic mass is 9.92. The van der Waals surface area contributed by atoms with Crippen LogP contribution in [0.1, 0.15) is 33.0 Å². The van der Waals surface area contributed by atoms with Gasteiger partial charge in [-0.05, 0) is 56.5 Å². The molecule has 0 N–H and O–H groups in total. The minimum atomic E-state index is 0.115. The van der Waals surface area contributed by atoms with Gasteiger partial charge in [-0.3, -0.25) is 9.69 Å². The van der Waals surface area contributed by atoms with Crippen LogP contribution in [0.4, 0.5) is 0 Å². The van der Waals surface area contributed by atoms with Crippen LogP contribution in [0.2, 0.25) is 0 Å². The van der Waals surface area contributed by atoms with Crippen molar-refractivity contribution in [1.29, 1.82) is 0 Å². The van der Waals surface area contributed by atoms with Crippen molar-refractivity contribution in [3.05, 3.63) is 51.7 Å². The van der Waals surface area contributed by atoms with Gasteiger partial charge in [0.2, 0.25) is 0 Å². The fourth-order valence-electron chi connectivity index (χ4n) is 4.37. The SMILES string of the molecule is COc1ccccc1C(=O)N1CCC2CCN(Cc3ccc(C)s3)CC21. The van der Waals surface area contributed by atoms with Crippen molar-refractivity contribution < 1.29 is 9.53 Å². The molecule has 4 rings (SSSR count). The van der Waals surface area contributed by atoms with Gasteiger partial charge in [-0.15, -0.1) is 11.3 Å². The lowest BCUT2D eigenvalue weighted by molar-refractivity contribution is 0.0589. The fraction of sp³-hybridized carbons (Fsp3) is 0.476. The van der Waals surface area contributed by atoms with Gasteiger partial charge in [0.1, 0.15) is 5.75 Å². The van der Waals surface area contributed by atoms with Crippen molar-refractivity contribution in [3.8, 4) is 5.75 Å². The summed E-state index contributed by atoms with van der Waals surface area (Å²) < 4.78 is 5.41. The Morgan fingerprint density at radius 3 is 2.77 bits per heavy atom. The van der Waals surface area contributed by atoms with Crippen LogP contribution in [0.25, 0.3) is 0 Å².